The minimum atomic E-state index is -0.413. The minimum Gasteiger partial charge on any atom is -0.388 e. The summed E-state index contributed by atoms with van der Waals surface area (Å²) in [6.07, 6.45) is 1.87. The van der Waals surface area contributed by atoms with E-state index in [1.807, 2.05) is 0 Å². The molecule has 3 rings (SSSR count). The summed E-state index contributed by atoms with van der Waals surface area (Å²) >= 11 is 0. The van der Waals surface area contributed by atoms with E-state index >= 15 is 0 Å². The number of nitrogens with zero attached hydrogens (tertiary/aromatic N) is 3. The van der Waals surface area contributed by atoms with Gasteiger partial charge in [0.2, 0.25) is 0 Å². The molecule has 4 heteroatoms. The van der Waals surface area contributed by atoms with E-state index in [9.17, 15) is 5.11 Å². The van der Waals surface area contributed by atoms with Gasteiger partial charge in [-0.05, 0) is 26.9 Å². The predicted octanol–water partition coefficient (Wildman–Crippen LogP) is -0.309. The summed E-state index contributed by atoms with van der Waals surface area (Å²) in [5.41, 5.74) is 0.181. The Morgan fingerprint density at radius 2 is 1.53 bits per heavy atom. The molecule has 0 amide bonds. The predicted molar refractivity (Wildman–Crippen MR) is 68.1 cm³/mol. The van der Waals surface area contributed by atoms with Gasteiger partial charge in [0.25, 0.3) is 0 Å². The minimum absolute atomic E-state index is 0.413. The molecule has 3 fully saturated rings. The Hall–Kier alpha value is -0.160. The Bertz CT molecular complexity index is 285. The average molecular weight is 239 g/mol. The maximum atomic E-state index is 10.6. The molecule has 0 radical (unpaired) electrons. The van der Waals surface area contributed by atoms with Crippen LogP contribution in [-0.4, -0.2) is 85.3 Å². The normalized spacial score (nSPS) is 33.4. The van der Waals surface area contributed by atoms with Crippen LogP contribution in [0.2, 0.25) is 0 Å². The van der Waals surface area contributed by atoms with Crippen LogP contribution in [0, 0.1) is 5.41 Å². The molecule has 17 heavy (non-hydrogen) atoms. The van der Waals surface area contributed by atoms with Gasteiger partial charge in [-0.2, -0.15) is 0 Å². The molecule has 0 aromatic heterocycles. The Balaban J connectivity index is 1.46. The Kier molecular flexibility index (Phi) is 2.74. The van der Waals surface area contributed by atoms with Gasteiger partial charge in [0, 0.05) is 51.2 Å². The SMILES string of the molecule is CN1CCC(O)(CN2CC3(CN(C)C3)C2)CC1. The highest BCUT2D eigenvalue weighted by molar-refractivity contribution is 5.06. The first-order valence-corrected chi connectivity index (χ1v) is 6.81. The summed E-state index contributed by atoms with van der Waals surface area (Å²) in [5.74, 6) is 0. The maximum absolute atomic E-state index is 10.6. The van der Waals surface area contributed by atoms with Gasteiger partial charge >= 0.3 is 0 Å². The lowest BCUT2D eigenvalue weighted by Gasteiger charge is -2.61. The standard InChI is InChI=1S/C13H25N3O/c1-14-5-3-13(17,4-6-14)11-16-9-12(10-16)7-15(2)8-12/h17H,3-11H2,1-2H3. The second-order valence-electron chi connectivity index (χ2n) is 6.85. The summed E-state index contributed by atoms with van der Waals surface area (Å²) in [4.78, 5) is 7.16. The van der Waals surface area contributed by atoms with Gasteiger partial charge in [-0.25, -0.2) is 0 Å². The van der Waals surface area contributed by atoms with E-state index in [1.54, 1.807) is 0 Å². The Morgan fingerprint density at radius 3 is 2.06 bits per heavy atom. The third-order valence-corrected chi connectivity index (χ3v) is 4.76. The first-order valence-electron chi connectivity index (χ1n) is 6.81. The molecule has 0 saturated carbocycles. The number of β-amino-alcohol motifs (C(OH)–C–C–N with tert-alkyl or cyclic N) is 1. The van der Waals surface area contributed by atoms with E-state index in [4.69, 9.17) is 0 Å². The van der Waals surface area contributed by atoms with Crippen molar-refractivity contribution < 1.29 is 5.11 Å². The van der Waals surface area contributed by atoms with Crippen LogP contribution in [0.4, 0.5) is 0 Å². The average Bonchev–Trinajstić information content (AvgIpc) is 2.18. The van der Waals surface area contributed by atoms with E-state index in [0.29, 0.717) is 5.41 Å². The van der Waals surface area contributed by atoms with Gasteiger partial charge in [-0.15, -0.1) is 0 Å². The van der Waals surface area contributed by atoms with Crippen LogP contribution < -0.4 is 0 Å². The molecule has 3 aliphatic heterocycles. The highest BCUT2D eigenvalue weighted by atomic mass is 16.3. The van der Waals surface area contributed by atoms with Gasteiger partial charge in [0.1, 0.15) is 0 Å². The molecule has 98 valence electrons. The van der Waals surface area contributed by atoms with Crippen LogP contribution in [0.25, 0.3) is 0 Å². The molecular weight excluding hydrogens is 214 g/mol. The van der Waals surface area contributed by atoms with Gasteiger partial charge in [0.15, 0.2) is 0 Å². The molecule has 3 heterocycles. The van der Waals surface area contributed by atoms with Crippen LogP contribution >= 0.6 is 0 Å². The van der Waals surface area contributed by atoms with Crippen LogP contribution in [0.5, 0.6) is 0 Å². The summed E-state index contributed by atoms with van der Waals surface area (Å²) in [7, 11) is 4.33. The third kappa shape index (κ3) is 2.24. The van der Waals surface area contributed by atoms with Crippen molar-refractivity contribution in [1.29, 1.82) is 0 Å². The zero-order chi connectivity index (χ0) is 12.1. The largest absolute Gasteiger partial charge is 0.388 e. The Labute approximate surface area is 104 Å². The van der Waals surface area contributed by atoms with Crippen molar-refractivity contribution in [2.24, 2.45) is 5.41 Å². The van der Waals surface area contributed by atoms with Crippen molar-refractivity contribution in [3.05, 3.63) is 0 Å². The van der Waals surface area contributed by atoms with E-state index in [2.05, 4.69) is 28.8 Å². The van der Waals surface area contributed by atoms with Crippen LogP contribution in [0.1, 0.15) is 12.8 Å². The Morgan fingerprint density at radius 1 is 0.941 bits per heavy atom. The van der Waals surface area contributed by atoms with Crippen molar-refractivity contribution in [2.75, 3.05) is 59.9 Å². The number of likely N-dealkylation sites (tertiary alicyclic amines) is 3. The third-order valence-electron chi connectivity index (χ3n) is 4.76. The molecule has 4 nitrogen and oxygen atoms in total. The van der Waals surface area contributed by atoms with Crippen molar-refractivity contribution in [3.8, 4) is 0 Å². The molecule has 0 aromatic rings. The zero-order valence-corrected chi connectivity index (χ0v) is 11.2. The van der Waals surface area contributed by atoms with E-state index in [1.165, 1.54) is 26.2 Å². The lowest BCUT2D eigenvalue weighted by Crippen LogP contribution is -2.72. The zero-order valence-electron chi connectivity index (χ0n) is 11.2. The summed E-state index contributed by atoms with van der Waals surface area (Å²) < 4.78 is 0. The summed E-state index contributed by atoms with van der Waals surface area (Å²) in [5, 5.41) is 10.6. The quantitative estimate of drug-likeness (QED) is 0.716. The first-order chi connectivity index (χ1) is 7.99. The molecule has 1 spiro atoms. The number of hydrogen-bond donors (Lipinski definition) is 1. The molecule has 0 aromatic carbocycles. The maximum Gasteiger partial charge on any atom is 0.0798 e. The smallest absolute Gasteiger partial charge is 0.0798 e. The van der Waals surface area contributed by atoms with Crippen LogP contribution in [0.15, 0.2) is 0 Å². The lowest BCUT2D eigenvalue weighted by atomic mass is 9.72. The highest BCUT2D eigenvalue weighted by Crippen LogP contribution is 2.39. The molecule has 0 bridgehead atoms. The van der Waals surface area contributed by atoms with Crippen molar-refractivity contribution in [3.63, 3.8) is 0 Å². The fraction of sp³-hybridized carbons (Fsp3) is 1.00. The highest BCUT2D eigenvalue weighted by Gasteiger charge is 2.51. The van der Waals surface area contributed by atoms with Crippen LogP contribution in [0.3, 0.4) is 0 Å². The topological polar surface area (TPSA) is 30.0 Å². The molecule has 0 unspecified atom stereocenters. The van der Waals surface area contributed by atoms with Crippen molar-refractivity contribution in [1.82, 2.24) is 14.7 Å². The molecule has 1 N–H and O–H groups in total. The van der Waals surface area contributed by atoms with Crippen molar-refractivity contribution in [2.45, 2.75) is 18.4 Å². The molecular formula is C13H25N3O. The monoisotopic (exact) mass is 239 g/mol. The summed E-state index contributed by atoms with van der Waals surface area (Å²) in [6, 6.07) is 0. The van der Waals surface area contributed by atoms with Gasteiger partial charge < -0.3 is 14.9 Å². The number of aliphatic hydroxyl groups is 1. The molecule has 3 aliphatic rings. The second-order valence-corrected chi connectivity index (χ2v) is 6.85. The van der Waals surface area contributed by atoms with Gasteiger partial charge in [0.05, 0.1) is 5.60 Å². The van der Waals surface area contributed by atoms with Gasteiger partial charge in [-0.1, -0.05) is 0 Å². The molecule has 3 saturated heterocycles. The fourth-order valence-corrected chi connectivity index (χ4v) is 3.92. The summed E-state index contributed by atoms with van der Waals surface area (Å²) in [6.45, 7) is 7.89. The lowest BCUT2D eigenvalue weighted by molar-refractivity contribution is -0.137. The van der Waals surface area contributed by atoms with Crippen molar-refractivity contribution >= 4 is 0 Å². The van der Waals surface area contributed by atoms with E-state index in [0.717, 1.165) is 32.5 Å². The second kappa shape index (κ2) is 3.92. The number of rotatable bonds is 2. The molecule has 0 aliphatic carbocycles. The molecule has 0 atom stereocenters. The van der Waals surface area contributed by atoms with E-state index in [-0.39, 0.29) is 0 Å². The van der Waals surface area contributed by atoms with Gasteiger partial charge in [-0.3, -0.25) is 4.90 Å². The van der Waals surface area contributed by atoms with E-state index < -0.39 is 5.60 Å². The fourth-order valence-electron chi connectivity index (χ4n) is 3.92. The first kappa shape index (κ1) is 11.9. The van der Waals surface area contributed by atoms with Crippen LogP contribution in [-0.2, 0) is 0 Å². The number of hydrogen-bond acceptors (Lipinski definition) is 4. The number of piperidine rings is 1.